The Morgan fingerprint density at radius 3 is 2.70 bits per heavy atom. The van der Waals surface area contributed by atoms with Gasteiger partial charge in [-0.1, -0.05) is 25.8 Å². The van der Waals surface area contributed by atoms with E-state index in [0.717, 1.165) is 30.0 Å². The molecule has 0 aromatic heterocycles. The van der Waals surface area contributed by atoms with E-state index in [9.17, 15) is 0 Å². The molecule has 1 aliphatic carbocycles. The minimum atomic E-state index is 0.358. The molecule has 0 radical (unpaired) electrons. The zero-order chi connectivity index (χ0) is 15.6. The van der Waals surface area contributed by atoms with Gasteiger partial charge in [0.15, 0.2) is 11.5 Å². The Kier molecular flexibility index (Phi) is 4.45. The van der Waals surface area contributed by atoms with Crippen LogP contribution < -0.4 is 9.47 Å². The Bertz CT molecular complexity index is 540. The highest BCUT2D eigenvalue weighted by Gasteiger charge is 2.27. The maximum Gasteiger partial charge on any atom is 0.231 e. The summed E-state index contributed by atoms with van der Waals surface area (Å²) >= 11 is 0. The molecule has 4 heteroatoms. The average molecular weight is 316 g/mol. The summed E-state index contributed by atoms with van der Waals surface area (Å²) < 4.78 is 10.9. The van der Waals surface area contributed by atoms with E-state index in [1.165, 1.54) is 57.4 Å². The van der Waals surface area contributed by atoms with E-state index in [2.05, 4.69) is 28.9 Å². The molecule has 126 valence electrons. The summed E-state index contributed by atoms with van der Waals surface area (Å²) in [4.78, 5) is 5.31. The second-order valence-electron chi connectivity index (χ2n) is 7.43. The van der Waals surface area contributed by atoms with Crippen LogP contribution >= 0.6 is 0 Å². The summed E-state index contributed by atoms with van der Waals surface area (Å²) in [5.74, 6) is 2.70. The predicted octanol–water partition coefficient (Wildman–Crippen LogP) is 3.11. The van der Waals surface area contributed by atoms with Crippen LogP contribution in [0.2, 0.25) is 0 Å². The third-order valence-corrected chi connectivity index (χ3v) is 5.68. The number of benzene rings is 1. The van der Waals surface area contributed by atoms with Crippen molar-refractivity contribution in [3.8, 4) is 11.5 Å². The van der Waals surface area contributed by atoms with Crippen molar-refractivity contribution in [1.29, 1.82) is 0 Å². The van der Waals surface area contributed by atoms with E-state index in [1.54, 1.807) is 0 Å². The van der Waals surface area contributed by atoms with Gasteiger partial charge in [0.2, 0.25) is 6.79 Å². The summed E-state index contributed by atoms with van der Waals surface area (Å²) in [6.07, 6.45) is 5.67. The Morgan fingerprint density at radius 2 is 1.87 bits per heavy atom. The number of nitrogens with zero attached hydrogens (tertiary/aromatic N) is 2. The van der Waals surface area contributed by atoms with Crippen LogP contribution in [0.15, 0.2) is 18.2 Å². The monoisotopic (exact) mass is 316 g/mol. The molecule has 3 aliphatic rings. The van der Waals surface area contributed by atoms with Crippen molar-refractivity contribution < 1.29 is 9.47 Å². The molecule has 0 spiro atoms. The molecule has 2 fully saturated rings. The zero-order valence-electron chi connectivity index (χ0n) is 14.2. The molecule has 23 heavy (non-hydrogen) atoms. The fraction of sp³-hybridized carbons (Fsp3) is 0.684. The lowest BCUT2D eigenvalue weighted by Crippen LogP contribution is -2.50. The molecule has 1 aromatic carbocycles. The van der Waals surface area contributed by atoms with E-state index < -0.39 is 0 Å². The molecular weight excluding hydrogens is 288 g/mol. The van der Waals surface area contributed by atoms with Crippen LogP contribution in [0.3, 0.4) is 0 Å². The third-order valence-electron chi connectivity index (χ3n) is 5.68. The lowest BCUT2D eigenvalue weighted by molar-refractivity contribution is 0.0659. The molecule has 2 aliphatic heterocycles. The van der Waals surface area contributed by atoms with Gasteiger partial charge in [0.05, 0.1) is 0 Å². The SMILES string of the molecule is C[C@H]1CCC[C@@H](N2CCN(Cc3ccc4c(c3)OCO4)CC2)C1. The first kappa shape index (κ1) is 15.3. The second kappa shape index (κ2) is 6.70. The third kappa shape index (κ3) is 3.48. The van der Waals surface area contributed by atoms with Crippen LogP contribution in [0.4, 0.5) is 0 Å². The zero-order valence-corrected chi connectivity index (χ0v) is 14.2. The van der Waals surface area contributed by atoms with Gasteiger partial charge in [0, 0.05) is 38.8 Å². The van der Waals surface area contributed by atoms with Gasteiger partial charge in [-0.2, -0.15) is 0 Å². The molecule has 2 heterocycles. The highest BCUT2D eigenvalue weighted by molar-refractivity contribution is 5.44. The van der Waals surface area contributed by atoms with Crippen LogP contribution in [0.5, 0.6) is 11.5 Å². The highest BCUT2D eigenvalue weighted by atomic mass is 16.7. The fourth-order valence-corrected chi connectivity index (χ4v) is 4.32. The molecule has 2 atom stereocenters. The number of hydrogen-bond donors (Lipinski definition) is 0. The first-order valence-electron chi connectivity index (χ1n) is 9.13. The first-order chi connectivity index (χ1) is 11.3. The Morgan fingerprint density at radius 1 is 1.04 bits per heavy atom. The number of ether oxygens (including phenoxy) is 2. The number of hydrogen-bond acceptors (Lipinski definition) is 4. The Labute approximate surface area is 139 Å². The molecule has 4 nitrogen and oxygen atoms in total. The van der Waals surface area contributed by atoms with E-state index in [4.69, 9.17) is 9.47 Å². The van der Waals surface area contributed by atoms with E-state index >= 15 is 0 Å². The Balaban J connectivity index is 1.30. The van der Waals surface area contributed by atoms with Crippen LogP contribution in [0, 0.1) is 5.92 Å². The lowest BCUT2D eigenvalue weighted by Gasteiger charge is -2.42. The summed E-state index contributed by atoms with van der Waals surface area (Å²) in [6, 6.07) is 7.18. The van der Waals surface area contributed by atoms with E-state index in [0.29, 0.717) is 6.79 Å². The van der Waals surface area contributed by atoms with Crippen LogP contribution in [-0.4, -0.2) is 48.8 Å². The van der Waals surface area contributed by atoms with Crippen LogP contribution in [0.1, 0.15) is 38.2 Å². The smallest absolute Gasteiger partial charge is 0.231 e. The number of piperazine rings is 1. The first-order valence-corrected chi connectivity index (χ1v) is 9.13. The highest BCUT2D eigenvalue weighted by Crippen LogP contribution is 2.33. The summed E-state index contributed by atoms with van der Waals surface area (Å²) in [5, 5.41) is 0. The molecule has 1 saturated carbocycles. The quantitative estimate of drug-likeness (QED) is 0.855. The minimum absolute atomic E-state index is 0.358. The summed E-state index contributed by atoms with van der Waals surface area (Å²) in [5.41, 5.74) is 1.33. The molecule has 0 bridgehead atoms. The van der Waals surface area contributed by atoms with Crippen molar-refractivity contribution in [3.63, 3.8) is 0 Å². The fourth-order valence-electron chi connectivity index (χ4n) is 4.32. The maximum atomic E-state index is 5.49. The van der Waals surface area contributed by atoms with Crippen molar-refractivity contribution >= 4 is 0 Å². The Hall–Kier alpha value is -1.26. The number of fused-ring (bicyclic) bond motifs is 1. The maximum absolute atomic E-state index is 5.49. The molecule has 0 N–H and O–H groups in total. The average Bonchev–Trinajstić information content (AvgIpc) is 3.03. The van der Waals surface area contributed by atoms with Gasteiger partial charge in [0.1, 0.15) is 0 Å². The van der Waals surface area contributed by atoms with Crippen molar-refractivity contribution in [2.24, 2.45) is 5.92 Å². The van der Waals surface area contributed by atoms with Crippen LogP contribution in [-0.2, 0) is 6.54 Å². The largest absolute Gasteiger partial charge is 0.454 e. The van der Waals surface area contributed by atoms with Gasteiger partial charge in [-0.15, -0.1) is 0 Å². The van der Waals surface area contributed by atoms with Gasteiger partial charge in [-0.05, 0) is 36.5 Å². The minimum Gasteiger partial charge on any atom is -0.454 e. The molecule has 4 rings (SSSR count). The van der Waals surface area contributed by atoms with Gasteiger partial charge < -0.3 is 9.47 Å². The molecule has 1 aromatic rings. The van der Waals surface area contributed by atoms with Crippen molar-refractivity contribution in [2.75, 3.05) is 33.0 Å². The predicted molar refractivity (Wildman–Crippen MR) is 90.8 cm³/mol. The molecular formula is C19H28N2O2. The van der Waals surface area contributed by atoms with Crippen molar-refractivity contribution in [2.45, 2.75) is 45.2 Å². The van der Waals surface area contributed by atoms with Crippen molar-refractivity contribution in [1.82, 2.24) is 9.80 Å². The van der Waals surface area contributed by atoms with Crippen LogP contribution in [0.25, 0.3) is 0 Å². The van der Waals surface area contributed by atoms with Gasteiger partial charge >= 0.3 is 0 Å². The standard InChI is InChI=1S/C19H28N2O2/c1-15-3-2-4-17(11-15)21-9-7-20(8-10-21)13-16-5-6-18-19(12-16)23-14-22-18/h5-6,12,15,17H,2-4,7-11,13-14H2,1H3/t15-,17+/m0/s1. The van der Waals surface area contributed by atoms with Crippen molar-refractivity contribution in [3.05, 3.63) is 23.8 Å². The number of rotatable bonds is 3. The molecule has 0 amide bonds. The van der Waals surface area contributed by atoms with E-state index in [-0.39, 0.29) is 0 Å². The van der Waals surface area contributed by atoms with Gasteiger partial charge in [0.25, 0.3) is 0 Å². The summed E-state index contributed by atoms with van der Waals surface area (Å²) in [7, 11) is 0. The normalized spacial score (nSPS) is 28.9. The van der Waals surface area contributed by atoms with E-state index in [1.807, 2.05) is 6.07 Å². The molecule has 1 saturated heterocycles. The molecule has 0 unspecified atom stereocenters. The topological polar surface area (TPSA) is 24.9 Å². The lowest BCUT2D eigenvalue weighted by atomic mass is 9.86. The summed E-state index contributed by atoms with van der Waals surface area (Å²) in [6.45, 7) is 8.60. The second-order valence-corrected chi connectivity index (χ2v) is 7.43. The van der Waals surface area contributed by atoms with Gasteiger partial charge in [-0.25, -0.2) is 0 Å². The van der Waals surface area contributed by atoms with Gasteiger partial charge in [-0.3, -0.25) is 9.80 Å².